The molecule has 5 heteroatoms. The fourth-order valence-corrected chi connectivity index (χ4v) is 4.11. The molecule has 0 amide bonds. The normalized spacial score (nSPS) is 30.5. The maximum Gasteiger partial charge on any atom is 0.322 e. The predicted molar refractivity (Wildman–Crippen MR) is 81.0 cm³/mol. The summed E-state index contributed by atoms with van der Waals surface area (Å²) in [5.41, 5.74) is 1.32. The standard InChI is InChI=1S/C17H21NO4/c1-10-11-6-7-18(10)9-12(8-11)13-4-2-3-5-14(13)15(16(19)20)17(21)22/h2-5,10-12,15H,6-9H2,1H3,(H,19,20)(H,21,22). The van der Waals surface area contributed by atoms with E-state index in [0.29, 0.717) is 17.5 Å². The zero-order valence-electron chi connectivity index (χ0n) is 12.6. The number of hydrogen-bond acceptors (Lipinski definition) is 3. The maximum absolute atomic E-state index is 11.4. The Labute approximate surface area is 129 Å². The average molecular weight is 303 g/mol. The summed E-state index contributed by atoms with van der Waals surface area (Å²) >= 11 is 0. The summed E-state index contributed by atoms with van der Waals surface area (Å²) in [4.78, 5) is 25.2. The second-order valence-corrected chi connectivity index (χ2v) is 6.46. The van der Waals surface area contributed by atoms with Crippen molar-refractivity contribution in [3.63, 3.8) is 0 Å². The van der Waals surface area contributed by atoms with Gasteiger partial charge >= 0.3 is 11.9 Å². The number of benzene rings is 1. The quantitative estimate of drug-likeness (QED) is 0.833. The molecule has 0 aliphatic carbocycles. The first kappa shape index (κ1) is 15.0. The first-order valence-electron chi connectivity index (χ1n) is 7.77. The van der Waals surface area contributed by atoms with Crippen molar-refractivity contribution in [2.45, 2.75) is 37.6 Å². The number of piperidine rings is 1. The Kier molecular flexibility index (Phi) is 3.91. The van der Waals surface area contributed by atoms with Crippen LogP contribution in [0.15, 0.2) is 24.3 Å². The van der Waals surface area contributed by atoms with E-state index in [9.17, 15) is 19.8 Å². The Morgan fingerprint density at radius 3 is 2.55 bits per heavy atom. The molecule has 22 heavy (non-hydrogen) atoms. The van der Waals surface area contributed by atoms with Gasteiger partial charge in [0.1, 0.15) is 0 Å². The van der Waals surface area contributed by atoms with Crippen LogP contribution in [-0.2, 0) is 9.59 Å². The Balaban J connectivity index is 1.95. The molecular weight excluding hydrogens is 282 g/mol. The highest BCUT2D eigenvalue weighted by molar-refractivity contribution is 5.99. The number of nitrogens with zero attached hydrogens (tertiary/aromatic N) is 1. The molecule has 5 nitrogen and oxygen atoms in total. The van der Waals surface area contributed by atoms with Gasteiger partial charge in [-0.2, -0.15) is 0 Å². The van der Waals surface area contributed by atoms with Crippen LogP contribution in [0.1, 0.15) is 42.7 Å². The zero-order valence-corrected chi connectivity index (χ0v) is 12.6. The largest absolute Gasteiger partial charge is 0.480 e. The van der Waals surface area contributed by atoms with E-state index in [1.165, 1.54) is 6.42 Å². The molecule has 2 bridgehead atoms. The van der Waals surface area contributed by atoms with E-state index in [-0.39, 0.29) is 5.92 Å². The zero-order chi connectivity index (χ0) is 15.9. The Morgan fingerprint density at radius 1 is 1.23 bits per heavy atom. The van der Waals surface area contributed by atoms with Crippen molar-refractivity contribution in [1.82, 2.24) is 4.90 Å². The van der Waals surface area contributed by atoms with Gasteiger partial charge in [0.05, 0.1) is 0 Å². The van der Waals surface area contributed by atoms with Crippen LogP contribution < -0.4 is 0 Å². The van der Waals surface area contributed by atoms with Gasteiger partial charge in [0, 0.05) is 12.6 Å². The molecule has 0 saturated carbocycles. The third kappa shape index (κ3) is 2.50. The summed E-state index contributed by atoms with van der Waals surface area (Å²) < 4.78 is 0. The third-order valence-corrected chi connectivity index (χ3v) is 5.33. The predicted octanol–water partition coefficient (Wildman–Crippen LogP) is 2.14. The van der Waals surface area contributed by atoms with Gasteiger partial charge in [0.2, 0.25) is 0 Å². The molecule has 1 aromatic carbocycles. The lowest BCUT2D eigenvalue weighted by molar-refractivity contribution is -0.150. The fourth-order valence-electron chi connectivity index (χ4n) is 4.11. The highest BCUT2D eigenvalue weighted by Gasteiger charge is 2.40. The van der Waals surface area contributed by atoms with E-state index >= 15 is 0 Å². The van der Waals surface area contributed by atoms with Crippen molar-refractivity contribution < 1.29 is 19.8 Å². The summed E-state index contributed by atoms with van der Waals surface area (Å²) in [6.07, 6.45) is 2.20. The van der Waals surface area contributed by atoms with Crippen LogP contribution in [0.25, 0.3) is 0 Å². The van der Waals surface area contributed by atoms with Crippen LogP contribution in [0.3, 0.4) is 0 Å². The molecule has 2 saturated heterocycles. The topological polar surface area (TPSA) is 77.8 Å². The van der Waals surface area contributed by atoms with Crippen molar-refractivity contribution in [1.29, 1.82) is 0 Å². The highest BCUT2D eigenvalue weighted by Crippen LogP contribution is 2.42. The monoisotopic (exact) mass is 303 g/mol. The van der Waals surface area contributed by atoms with Gasteiger partial charge in [-0.3, -0.25) is 14.5 Å². The highest BCUT2D eigenvalue weighted by atomic mass is 16.4. The van der Waals surface area contributed by atoms with E-state index in [4.69, 9.17) is 0 Å². The fraction of sp³-hybridized carbons (Fsp3) is 0.529. The molecule has 0 radical (unpaired) electrons. The van der Waals surface area contributed by atoms with Crippen LogP contribution in [0.5, 0.6) is 0 Å². The number of fused-ring (bicyclic) bond motifs is 2. The van der Waals surface area contributed by atoms with Gasteiger partial charge in [-0.15, -0.1) is 0 Å². The SMILES string of the molecule is CC1C2CC[N@@]1CC(c1ccccc1C(C(=O)O)C(=O)O)C2. The Bertz CT molecular complexity index is 572. The lowest BCUT2D eigenvalue weighted by atomic mass is 9.79. The molecule has 3 unspecified atom stereocenters. The van der Waals surface area contributed by atoms with Gasteiger partial charge < -0.3 is 10.2 Å². The lowest BCUT2D eigenvalue weighted by Gasteiger charge is -2.37. The Morgan fingerprint density at radius 2 is 1.91 bits per heavy atom. The second-order valence-electron chi connectivity index (χ2n) is 6.46. The lowest BCUT2D eigenvalue weighted by Crippen LogP contribution is -2.39. The van der Waals surface area contributed by atoms with E-state index in [2.05, 4.69) is 11.8 Å². The molecule has 118 valence electrons. The number of carbonyl (C=O) groups is 2. The van der Waals surface area contributed by atoms with Gasteiger partial charge in [-0.1, -0.05) is 24.3 Å². The van der Waals surface area contributed by atoms with E-state index in [1.807, 2.05) is 12.1 Å². The number of hydrogen-bond donors (Lipinski definition) is 2. The number of rotatable bonds is 4. The minimum absolute atomic E-state index is 0.223. The minimum Gasteiger partial charge on any atom is -0.480 e. The van der Waals surface area contributed by atoms with E-state index in [0.717, 1.165) is 25.1 Å². The summed E-state index contributed by atoms with van der Waals surface area (Å²) in [7, 11) is 0. The first-order chi connectivity index (χ1) is 10.5. The molecule has 0 aromatic heterocycles. The molecule has 4 atom stereocenters. The van der Waals surface area contributed by atoms with Crippen LogP contribution in [0, 0.1) is 5.92 Å². The Hall–Kier alpha value is -1.88. The molecule has 1 aromatic rings. The first-order valence-corrected chi connectivity index (χ1v) is 7.77. The number of carboxylic acid groups (broad SMARTS) is 2. The van der Waals surface area contributed by atoms with Gasteiger partial charge in [0.25, 0.3) is 0 Å². The van der Waals surface area contributed by atoms with Crippen molar-refractivity contribution in [2.75, 3.05) is 13.1 Å². The minimum atomic E-state index is -1.48. The third-order valence-electron chi connectivity index (χ3n) is 5.33. The summed E-state index contributed by atoms with van der Waals surface area (Å²) in [5, 5.41) is 18.6. The van der Waals surface area contributed by atoms with Crippen LogP contribution in [-0.4, -0.2) is 46.2 Å². The van der Waals surface area contributed by atoms with Crippen molar-refractivity contribution >= 4 is 11.9 Å². The van der Waals surface area contributed by atoms with Crippen LogP contribution in [0.2, 0.25) is 0 Å². The molecule has 0 spiro atoms. The molecule has 2 fully saturated rings. The summed E-state index contributed by atoms with van der Waals surface area (Å²) in [5.74, 6) is -3.23. The van der Waals surface area contributed by atoms with E-state index in [1.54, 1.807) is 12.1 Å². The van der Waals surface area contributed by atoms with E-state index < -0.39 is 17.9 Å². The van der Waals surface area contributed by atoms with Crippen molar-refractivity contribution in [3.05, 3.63) is 35.4 Å². The summed E-state index contributed by atoms with van der Waals surface area (Å²) in [6, 6.07) is 7.72. The second kappa shape index (κ2) is 5.72. The van der Waals surface area contributed by atoms with Gasteiger partial charge in [-0.05, 0) is 49.3 Å². The molecule has 3 rings (SSSR count). The van der Waals surface area contributed by atoms with Crippen molar-refractivity contribution in [3.8, 4) is 0 Å². The number of aliphatic carboxylic acids is 2. The molecular formula is C17H21NO4. The summed E-state index contributed by atoms with van der Waals surface area (Å²) in [6.45, 7) is 4.23. The number of carboxylic acids is 2. The molecule has 2 aliphatic rings. The van der Waals surface area contributed by atoms with Crippen molar-refractivity contribution in [2.24, 2.45) is 5.92 Å². The maximum atomic E-state index is 11.4. The van der Waals surface area contributed by atoms with Crippen LogP contribution >= 0.6 is 0 Å². The average Bonchev–Trinajstić information content (AvgIpc) is 2.69. The molecule has 2 aliphatic heterocycles. The smallest absolute Gasteiger partial charge is 0.322 e. The molecule has 2 N–H and O–H groups in total. The van der Waals surface area contributed by atoms with Gasteiger partial charge in [-0.25, -0.2) is 0 Å². The van der Waals surface area contributed by atoms with Crippen LogP contribution in [0.4, 0.5) is 0 Å². The van der Waals surface area contributed by atoms with Gasteiger partial charge in [0.15, 0.2) is 5.92 Å². The molecule has 2 heterocycles.